The highest BCUT2D eigenvalue weighted by atomic mass is 16.4. The summed E-state index contributed by atoms with van der Waals surface area (Å²) >= 11 is 0. The van der Waals surface area contributed by atoms with E-state index in [-0.39, 0.29) is 18.0 Å². The van der Waals surface area contributed by atoms with Gasteiger partial charge < -0.3 is 15.7 Å². The molecule has 2 amide bonds. The summed E-state index contributed by atoms with van der Waals surface area (Å²) in [5, 5.41) is 14.5. The number of hydrogen-bond donors (Lipinski definition) is 3. The van der Waals surface area contributed by atoms with Gasteiger partial charge in [0.2, 0.25) is 0 Å². The number of aliphatic carboxylic acids is 1. The first-order valence-electron chi connectivity index (χ1n) is 7.20. The topological polar surface area (TPSA) is 78.4 Å². The van der Waals surface area contributed by atoms with Crippen molar-refractivity contribution >= 4 is 12.0 Å². The second-order valence-corrected chi connectivity index (χ2v) is 5.99. The van der Waals surface area contributed by atoms with Gasteiger partial charge in [-0.3, -0.25) is 0 Å². The molecule has 1 rings (SSSR count). The van der Waals surface area contributed by atoms with Crippen LogP contribution in [0.4, 0.5) is 4.79 Å². The summed E-state index contributed by atoms with van der Waals surface area (Å²) in [5.74, 6) is -0.394. The fourth-order valence-electron chi connectivity index (χ4n) is 2.51. The zero-order valence-corrected chi connectivity index (χ0v) is 12.1. The lowest BCUT2D eigenvalue weighted by molar-refractivity contribution is -0.140. The van der Waals surface area contributed by atoms with Crippen molar-refractivity contribution in [1.82, 2.24) is 10.6 Å². The van der Waals surface area contributed by atoms with E-state index < -0.39 is 12.0 Å². The molecular formula is C14H26N2O3. The van der Waals surface area contributed by atoms with Crippen LogP contribution < -0.4 is 10.6 Å². The van der Waals surface area contributed by atoms with Gasteiger partial charge in [0.1, 0.15) is 6.04 Å². The Morgan fingerprint density at radius 1 is 1.16 bits per heavy atom. The highest BCUT2D eigenvalue weighted by molar-refractivity contribution is 5.82. The predicted molar refractivity (Wildman–Crippen MR) is 74.0 cm³/mol. The highest BCUT2D eigenvalue weighted by Gasteiger charge is 2.25. The number of nitrogens with one attached hydrogen (secondary N) is 2. The molecule has 110 valence electrons. The molecule has 1 aliphatic carbocycles. The second kappa shape index (κ2) is 7.36. The molecule has 1 saturated carbocycles. The first-order chi connectivity index (χ1) is 8.90. The van der Waals surface area contributed by atoms with Gasteiger partial charge in [0.25, 0.3) is 0 Å². The Morgan fingerprint density at radius 2 is 1.84 bits per heavy atom. The van der Waals surface area contributed by atoms with Gasteiger partial charge in [0.05, 0.1) is 0 Å². The molecule has 0 spiro atoms. The van der Waals surface area contributed by atoms with E-state index in [1.165, 1.54) is 6.42 Å². The molecule has 0 bridgehead atoms. The molecule has 0 saturated heterocycles. The standard InChI is InChI=1S/C14H26N2O3/c1-9(2)12(13(17)18)16-14(19)15-11-6-4-5-10(3)7-8-11/h9-12H,4-8H2,1-3H3,(H,17,18)(H2,15,16,19)/t10?,11?,12-/m0/s1. The molecule has 1 fully saturated rings. The van der Waals surface area contributed by atoms with Crippen LogP contribution in [-0.4, -0.2) is 29.2 Å². The molecule has 0 aromatic rings. The van der Waals surface area contributed by atoms with E-state index >= 15 is 0 Å². The van der Waals surface area contributed by atoms with Gasteiger partial charge in [-0.05, 0) is 31.1 Å². The third-order valence-electron chi connectivity index (χ3n) is 3.81. The minimum atomic E-state index is -0.986. The van der Waals surface area contributed by atoms with Crippen molar-refractivity contribution in [3.63, 3.8) is 0 Å². The third-order valence-corrected chi connectivity index (χ3v) is 3.81. The van der Waals surface area contributed by atoms with Gasteiger partial charge in [0, 0.05) is 6.04 Å². The fraction of sp³-hybridized carbons (Fsp3) is 0.857. The quantitative estimate of drug-likeness (QED) is 0.686. The number of carboxylic acids is 1. The molecule has 3 N–H and O–H groups in total. The van der Waals surface area contributed by atoms with Crippen molar-refractivity contribution < 1.29 is 14.7 Å². The molecule has 5 heteroatoms. The second-order valence-electron chi connectivity index (χ2n) is 5.99. The van der Waals surface area contributed by atoms with Crippen molar-refractivity contribution in [2.75, 3.05) is 0 Å². The molecule has 2 unspecified atom stereocenters. The van der Waals surface area contributed by atoms with Gasteiger partial charge in [-0.15, -0.1) is 0 Å². The van der Waals surface area contributed by atoms with Crippen LogP contribution in [0.1, 0.15) is 52.9 Å². The molecule has 1 aliphatic rings. The van der Waals surface area contributed by atoms with Crippen molar-refractivity contribution in [3.8, 4) is 0 Å². The zero-order chi connectivity index (χ0) is 14.4. The Balaban J connectivity index is 2.43. The summed E-state index contributed by atoms with van der Waals surface area (Å²) in [4.78, 5) is 22.9. The number of rotatable bonds is 4. The van der Waals surface area contributed by atoms with E-state index in [1.807, 2.05) is 0 Å². The largest absolute Gasteiger partial charge is 0.480 e. The molecule has 0 aromatic heterocycles. The van der Waals surface area contributed by atoms with Gasteiger partial charge in [-0.1, -0.05) is 33.6 Å². The summed E-state index contributed by atoms with van der Waals surface area (Å²) in [6.45, 7) is 5.81. The fourth-order valence-corrected chi connectivity index (χ4v) is 2.51. The number of urea groups is 1. The molecule has 0 aliphatic heterocycles. The molecule has 0 aromatic carbocycles. The van der Waals surface area contributed by atoms with Crippen LogP contribution in [0.5, 0.6) is 0 Å². The van der Waals surface area contributed by atoms with Crippen LogP contribution in [0.25, 0.3) is 0 Å². The smallest absolute Gasteiger partial charge is 0.326 e. The summed E-state index contributed by atoms with van der Waals surface area (Å²) in [6, 6.07) is -1.02. The molecule has 0 radical (unpaired) electrons. The van der Waals surface area contributed by atoms with Crippen LogP contribution in [0, 0.1) is 11.8 Å². The minimum Gasteiger partial charge on any atom is -0.480 e. The average Bonchev–Trinajstić information content (AvgIpc) is 2.50. The molecule has 0 heterocycles. The number of carboxylic acid groups (broad SMARTS) is 1. The Labute approximate surface area is 115 Å². The van der Waals surface area contributed by atoms with E-state index in [0.717, 1.165) is 31.6 Å². The van der Waals surface area contributed by atoms with Crippen LogP contribution in [-0.2, 0) is 4.79 Å². The zero-order valence-electron chi connectivity index (χ0n) is 12.1. The van der Waals surface area contributed by atoms with Gasteiger partial charge in [-0.2, -0.15) is 0 Å². The first kappa shape index (κ1) is 15.8. The minimum absolute atomic E-state index is 0.127. The van der Waals surface area contributed by atoms with Crippen molar-refractivity contribution in [2.45, 2.75) is 65.0 Å². The lowest BCUT2D eigenvalue weighted by Crippen LogP contribution is -2.50. The molecule has 3 atom stereocenters. The SMILES string of the molecule is CC1CCCC(NC(=O)N[C@H](C(=O)O)C(C)C)CC1. The number of carbonyl (C=O) groups excluding carboxylic acids is 1. The third kappa shape index (κ3) is 5.49. The summed E-state index contributed by atoms with van der Waals surface area (Å²) in [5.41, 5.74) is 0. The Kier molecular flexibility index (Phi) is 6.12. The highest BCUT2D eigenvalue weighted by Crippen LogP contribution is 2.22. The first-order valence-corrected chi connectivity index (χ1v) is 7.20. The average molecular weight is 270 g/mol. The van der Waals surface area contributed by atoms with Crippen LogP contribution >= 0.6 is 0 Å². The Morgan fingerprint density at radius 3 is 2.42 bits per heavy atom. The molecular weight excluding hydrogens is 244 g/mol. The van der Waals surface area contributed by atoms with E-state index in [2.05, 4.69) is 17.6 Å². The summed E-state index contributed by atoms with van der Waals surface area (Å²) < 4.78 is 0. The Bertz CT molecular complexity index is 318. The monoisotopic (exact) mass is 270 g/mol. The van der Waals surface area contributed by atoms with Crippen LogP contribution in [0.3, 0.4) is 0 Å². The lowest BCUT2D eigenvalue weighted by Gasteiger charge is -2.21. The van der Waals surface area contributed by atoms with Crippen LogP contribution in [0.15, 0.2) is 0 Å². The Hall–Kier alpha value is -1.26. The maximum atomic E-state index is 11.8. The van der Waals surface area contributed by atoms with Gasteiger partial charge in [-0.25, -0.2) is 9.59 Å². The molecule has 19 heavy (non-hydrogen) atoms. The molecule has 5 nitrogen and oxygen atoms in total. The van der Waals surface area contributed by atoms with E-state index in [9.17, 15) is 9.59 Å². The normalized spacial score (nSPS) is 25.5. The number of hydrogen-bond acceptors (Lipinski definition) is 2. The van der Waals surface area contributed by atoms with Gasteiger partial charge >= 0.3 is 12.0 Å². The van der Waals surface area contributed by atoms with Crippen molar-refractivity contribution in [3.05, 3.63) is 0 Å². The predicted octanol–water partition coefficient (Wildman–Crippen LogP) is 2.36. The van der Waals surface area contributed by atoms with Crippen LogP contribution in [0.2, 0.25) is 0 Å². The van der Waals surface area contributed by atoms with Crippen molar-refractivity contribution in [1.29, 1.82) is 0 Å². The summed E-state index contributed by atoms with van der Waals surface area (Å²) in [6.07, 6.45) is 5.42. The maximum Gasteiger partial charge on any atom is 0.326 e. The van der Waals surface area contributed by atoms with E-state index in [0.29, 0.717) is 0 Å². The maximum absolute atomic E-state index is 11.8. The van der Waals surface area contributed by atoms with E-state index in [1.54, 1.807) is 13.8 Å². The van der Waals surface area contributed by atoms with E-state index in [4.69, 9.17) is 5.11 Å². The summed E-state index contributed by atoms with van der Waals surface area (Å²) in [7, 11) is 0. The number of amides is 2. The lowest BCUT2D eigenvalue weighted by atomic mass is 10.0. The van der Waals surface area contributed by atoms with Gasteiger partial charge in [0.15, 0.2) is 0 Å². The number of carbonyl (C=O) groups is 2. The van der Waals surface area contributed by atoms with Crippen molar-refractivity contribution in [2.24, 2.45) is 11.8 Å².